The van der Waals surface area contributed by atoms with Crippen LogP contribution in [0.5, 0.6) is 11.6 Å². The van der Waals surface area contributed by atoms with Gasteiger partial charge in [0.1, 0.15) is 5.75 Å². The summed E-state index contributed by atoms with van der Waals surface area (Å²) in [5.74, 6) is 1.58. The van der Waals surface area contributed by atoms with E-state index in [1.807, 2.05) is 41.9 Å². The van der Waals surface area contributed by atoms with Crippen LogP contribution in [0.2, 0.25) is 0 Å². The van der Waals surface area contributed by atoms with Crippen LogP contribution in [-0.4, -0.2) is 21.2 Å². The van der Waals surface area contributed by atoms with Gasteiger partial charge in [-0.3, -0.25) is 15.8 Å². The van der Waals surface area contributed by atoms with Gasteiger partial charge in [-0.15, -0.1) is 5.10 Å². The molecule has 1 aromatic heterocycles. The van der Waals surface area contributed by atoms with Gasteiger partial charge in [-0.2, -0.15) is 5.26 Å². The zero-order valence-electron chi connectivity index (χ0n) is 12.5. The van der Waals surface area contributed by atoms with Gasteiger partial charge in [-0.1, -0.05) is 30.3 Å². The highest BCUT2D eigenvalue weighted by atomic mass is 16.5. The molecule has 0 aliphatic carbocycles. The molecule has 3 N–H and O–H groups in total. The quantitative estimate of drug-likeness (QED) is 0.389. The molecule has 118 valence electrons. The maximum absolute atomic E-state index is 9.32. The molecule has 3 aromatic rings. The number of benzene rings is 2. The second kappa shape index (κ2) is 7.09. The Morgan fingerprint density at radius 2 is 2.00 bits per heavy atom. The highest BCUT2D eigenvalue weighted by molar-refractivity contribution is 5.99. The number of nitrogens with zero attached hydrogens (tertiary/aromatic N) is 3. The summed E-state index contributed by atoms with van der Waals surface area (Å²) in [6, 6.07) is 19.6. The summed E-state index contributed by atoms with van der Waals surface area (Å²) in [5.41, 5.74) is 3.06. The van der Waals surface area contributed by atoms with Crippen LogP contribution < -0.4 is 10.2 Å². The summed E-state index contributed by atoms with van der Waals surface area (Å²) in [4.78, 5) is 4.23. The third-order valence-electron chi connectivity index (χ3n) is 3.11. The van der Waals surface area contributed by atoms with E-state index < -0.39 is 0 Å². The normalized spacial score (nSPS) is 10.9. The number of hydroxylamine groups is 1. The van der Waals surface area contributed by atoms with Crippen LogP contribution in [0, 0.1) is 11.3 Å². The van der Waals surface area contributed by atoms with Gasteiger partial charge in [-0.25, -0.2) is 4.99 Å². The molecule has 24 heavy (non-hydrogen) atoms. The van der Waals surface area contributed by atoms with Crippen LogP contribution in [0.3, 0.4) is 0 Å². The standard InChI is InChI=1S/C17H13N5O2/c18-11-12-5-4-6-13(9-12)17(22-23)19-15-10-16(21-20-15)24-14-7-2-1-3-8-14/h1-10,23H,(H2,19,20,21,22). The number of H-pyrrole nitrogens is 1. The number of hydrogen-bond donors (Lipinski definition) is 3. The molecule has 0 bridgehead atoms. The number of nitriles is 1. The molecule has 0 atom stereocenters. The summed E-state index contributed by atoms with van der Waals surface area (Å²) in [6.45, 7) is 0. The number of hydrogen-bond acceptors (Lipinski definition) is 5. The first-order valence-electron chi connectivity index (χ1n) is 7.06. The Morgan fingerprint density at radius 3 is 2.75 bits per heavy atom. The maximum Gasteiger partial charge on any atom is 0.240 e. The smallest absolute Gasteiger partial charge is 0.240 e. The summed E-state index contributed by atoms with van der Waals surface area (Å²) in [6.07, 6.45) is 0. The lowest BCUT2D eigenvalue weighted by molar-refractivity contribution is 0.235. The van der Waals surface area contributed by atoms with Crippen LogP contribution >= 0.6 is 0 Å². The number of ether oxygens (including phenoxy) is 1. The van der Waals surface area contributed by atoms with Crippen molar-refractivity contribution in [3.63, 3.8) is 0 Å². The molecule has 0 spiro atoms. The van der Waals surface area contributed by atoms with Gasteiger partial charge in [0.15, 0.2) is 11.7 Å². The Kier molecular flexibility index (Phi) is 4.51. The van der Waals surface area contributed by atoms with Gasteiger partial charge in [0.25, 0.3) is 0 Å². The average molecular weight is 319 g/mol. The van der Waals surface area contributed by atoms with Crippen molar-refractivity contribution in [1.82, 2.24) is 15.7 Å². The Bertz CT molecular complexity index is 897. The van der Waals surface area contributed by atoms with Crippen molar-refractivity contribution in [3.8, 4) is 17.7 Å². The number of rotatable bonds is 4. The molecule has 0 unspecified atom stereocenters. The fourth-order valence-electron chi connectivity index (χ4n) is 2.02. The van der Waals surface area contributed by atoms with Gasteiger partial charge < -0.3 is 4.74 Å². The Morgan fingerprint density at radius 1 is 1.17 bits per heavy atom. The monoisotopic (exact) mass is 319 g/mol. The van der Waals surface area contributed by atoms with Crippen molar-refractivity contribution in [2.45, 2.75) is 0 Å². The van der Waals surface area contributed by atoms with E-state index in [1.54, 1.807) is 30.3 Å². The summed E-state index contributed by atoms with van der Waals surface area (Å²) in [5, 5.41) is 25.0. The van der Waals surface area contributed by atoms with Crippen molar-refractivity contribution >= 4 is 11.7 Å². The Hall–Kier alpha value is -3.63. The topological polar surface area (TPSA) is 106 Å². The molecule has 0 saturated carbocycles. The van der Waals surface area contributed by atoms with Gasteiger partial charge in [-0.05, 0) is 24.3 Å². The predicted octanol–water partition coefficient (Wildman–Crippen LogP) is 3.13. The van der Waals surface area contributed by atoms with E-state index in [4.69, 9.17) is 10.00 Å². The summed E-state index contributed by atoms with van der Waals surface area (Å²) >= 11 is 0. The third kappa shape index (κ3) is 3.58. The van der Waals surface area contributed by atoms with Gasteiger partial charge >= 0.3 is 0 Å². The van der Waals surface area contributed by atoms with E-state index in [-0.39, 0.29) is 5.84 Å². The molecule has 0 radical (unpaired) electrons. The number of aliphatic imine (C=N–C) groups is 1. The van der Waals surface area contributed by atoms with E-state index in [0.717, 1.165) is 0 Å². The minimum atomic E-state index is 0.182. The molecule has 7 nitrogen and oxygen atoms in total. The van der Waals surface area contributed by atoms with Gasteiger partial charge in [0, 0.05) is 11.6 Å². The number of aromatic amines is 1. The van der Waals surface area contributed by atoms with Crippen molar-refractivity contribution in [3.05, 3.63) is 71.8 Å². The second-order valence-electron chi connectivity index (χ2n) is 4.77. The molecule has 7 heteroatoms. The molecule has 3 rings (SSSR count). The van der Waals surface area contributed by atoms with Crippen molar-refractivity contribution in [2.24, 2.45) is 4.99 Å². The van der Waals surface area contributed by atoms with Crippen LogP contribution in [0.4, 0.5) is 5.82 Å². The zero-order valence-corrected chi connectivity index (χ0v) is 12.5. The number of nitrogens with one attached hydrogen (secondary N) is 2. The Balaban J connectivity index is 1.83. The molecule has 1 heterocycles. The molecule has 0 fully saturated rings. The van der Waals surface area contributed by atoms with Crippen LogP contribution in [0.25, 0.3) is 0 Å². The number of aromatic nitrogens is 2. The first kappa shape index (κ1) is 15.3. The minimum Gasteiger partial charge on any atom is -0.437 e. The summed E-state index contributed by atoms with van der Waals surface area (Å²) < 4.78 is 5.58. The highest BCUT2D eigenvalue weighted by Crippen LogP contribution is 2.22. The molecule has 0 amide bonds. The molecular weight excluding hydrogens is 306 g/mol. The van der Waals surface area contributed by atoms with E-state index >= 15 is 0 Å². The lowest BCUT2D eigenvalue weighted by atomic mass is 10.1. The van der Waals surface area contributed by atoms with Crippen molar-refractivity contribution in [2.75, 3.05) is 0 Å². The predicted molar refractivity (Wildman–Crippen MR) is 87.4 cm³/mol. The second-order valence-corrected chi connectivity index (χ2v) is 4.77. The molecule has 2 aromatic carbocycles. The zero-order chi connectivity index (χ0) is 16.8. The van der Waals surface area contributed by atoms with Crippen LogP contribution in [0.1, 0.15) is 11.1 Å². The molecular formula is C17H13N5O2. The SMILES string of the molecule is N#Cc1cccc(C(=Nc2cc(Oc3ccccc3)n[nH]2)NO)c1. The fourth-order valence-corrected chi connectivity index (χ4v) is 2.02. The van der Waals surface area contributed by atoms with E-state index in [1.165, 1.54) is 0 Å². The maximum atomic E-state index is 9.32. The number of para-hydroxylation sites is 1. The molecule has 0 saturated heterocycles. The third-order valence-corrected chi connectivity index (χ3v) is 3.11. The fraction of sp³-hybridized carbons (Fsp3) is 0. The van der Waals surface area contributed by atoms with Crippen molar-refractivity contribution in [1.29, 1.82) is 5.26 Å². The van der Waals surface area contributed by atoms with E-state index in [0.29, 0.717) is 28.6 Å². The van der Waals surface area contributed by atoms with Crippen molar-refractivity contribution < 1.29 is 9.94 Å². The Labute approximate surface area is 137 Å². The summed E-state index contributed by atoms with van der Waals surface area (Å²) in [7, 11) is 0. The first-order valence-corrected chi connectivity index (χ1v) is 7.06. The highest BCUT2D eigenvalue weighted by Gasteiger charge is 2.07. The molecule has 0 aliphatic heterocycles. The molecule has 0 aliphatic rings. The lowest BCUT2D eigenvalue weighted by Gasteiger charge is -2.04. The first-order chi connectivity index (χ1) is 11.8. The lowest BCUT2D eigenvalue weighted by Crippen LogP contribution is -2.20. The van der Waals surface area contributed by atoms with Crippen LogP contribution in [-0.2, 0) is 0 Å². The average Bonchev–Trinajstić information content (AvgIpc) is 3.07. The van der Waals surface area contributed by atoms with E-state index in [2.05, 4.69) is 15.2 Å². The van der Waals surface area contributed by atoms with Crippen LogP contribution in [0.15, 0.2) is 65.7 Å². The minimum absolute atomic E-state index is 0.182. The largest absolute Gasteiger partial charge is 0.437 e. The van der Waals surface area contributed by atoms with E-state index in [9.17, 15) is 5.21 Å². The van der Waals surface area contributed by atoms with Gasteiger partial charge in [0.05, 0.1) is 11.6 Å². The number of amidine groups is 1. The van der Waals surface area contributed by atoms with Gasteiger partial charge in [0.2, 0.25) is 5.88 Å².